The van der Waals surface area contributed by atoms with E-state index in [1.54, 1.807) is 6.26 Å². The third-order valence-corrected chi connectivity index (χ3v) is 2.12. The first-order valence-electron chi connectivity index (χ1n) is 5.03. The highest BCUT2D eigenvalue weighted by molar-refractivity contribution is 5.35. The molecule has 0 atom stereocenters. The van der Waals surface area contributed by atoms with Crippen molar-refractivity contribution in [3.63, 3.8) is 0 Å². The number of aromatic nitrogens is 3. The van der Waals surface area contributed by atoms with Crippen molar-refractivity contribution in [2.24, 2.45) is 0 Å². The van der Waals surface area contributed by atoms with Crippen LogP contribution in [0.2, 0.25) is 0 Å². The number of anilines is 2. The Morgan fingerprint density at radius 2 is 2.31 bits per heavy atom. The van der Waals surface area contributed by atoms with Crippen LogP contribution >= 0.6 is 0 Å². The molecule has 0 bridgehead atoms. The lowest BCUT2D eigenvalue weighted by molar-refractivity contribution is 0.532. The fourth-order valence-electron chi connectivity index (χ4n) is 1.31. The lowest BCUT2D eigenvalue weighted by Crippen LogP contribution is -2.10. The number of hydrogen-bond acceptors (Lipinski definition) is 5. The molecule has 0 radical (unpaired) electrons. The molecular formula is C10H15N5O. The number of hydrogen-bond donors (Lipinski definition) is 2. The summed E-state index contributed by atoms with van der Waals surface area (Å²) in [4.78, 5) is 6.09. The number of aryl methyl sites for hydroxylation is 1. The van der Waals surface area contributed by atoms with Crippen LogP contribution < -0.4 is 10.2 Å². The molecule has 2 heterocycles. The van der Waals surface area contributed by atoms with Crippen molar-refractivity contribution < 1.29 is 4.42 Å². The minimum Gasteiger partial charge on any atom is -0.469 e. The number of aromatic amines is 1. The van der Waals surface area contributed by atoms with Gasteiger partial charge in [0.05, 0.1) is 6.26 Å². The summed E-state index contributed by atoms with van der Waals surface area (Å²) in [7, 11) is 3.79. The molecule has 0 aliphatic carbocycles. The van der Waals surface area contributed by atoms with Gasteiger partial charge in [-0.25, -0.2) is 5.10 Å². The maximum Gasteiger partial charge on any atom is 0.245 e. The average molecular weight is 221 g/mol. The van der Waals surface area contributed by atoms with Gasteiger partial charge in [0.15, 0.2) is 0 Å². The van der Waals surface area contributed by atoms with Crippen LogP contribution in [0.1, 0.15) is 11.3 Å². The van der Waals surface area contributed by atoms with Crippen LogP contribution in [-0.4, -0.2) is 29.3 Å². The summed E-state index contributed by atoms with van der Waals surface area (Å²) in [5.41, 5.74) is 1.08. The number of furan rings is 1. The van der Waals surface area contributed by atoms with E-state index in [0.29, 0.717) is 18.4 Å². The van der Waals surface area contributed by atoms with Crippen molar-refractivity contribution >= 4 is 11.9 Å². The van der Waals surface area contributed by atoms with E-state index in [1.807, 2.05) is 32.0 Å². The molecule has 0 spiro atoms. The molecule has 6 nitrogen and oxygen atoms in total. The molecule has 2 aromatic rings. The molecule has 0 aliphatic rings. The highest BCUT2D eigenvalue weighted by atomic mass is 16.3. The van der Waals surface area contributed by atoms with Gasteiger partial charge in [0, 0.05) is 26.2 Å². The third-order valence-electron chi connectivity index (χ3n) is 2.12. The Kier molecular flexibility index (Phi) is 2.80. The highest BCUT2D eigenvalue weighted by Crippen LogP contribution is 2.10. The minimum atomic E-state index is 0.655. The van der Waals surface area contributed by atoms with Gasteiger partial charge >= 0.3 is 0 Å². The summed E-state index contributed by atoms with van der Waals surface area (Å²) < 4.78 is 5.20. The molecule has 0 aliphatic heterocycles. The molecule has 0 saturated carbocycles. The number of nitrogens with one attached hydrogen (secondary N) is 2. The second kappa shape index (κ2) is 4.26. The number of nitrogens with zero attached hydrogens (tertiary/aromatic N) is 3. The van der Waals surface area contributed by atoms with Crippen LogP contribution in [0, 0.1) is 6.92 Å². The molecule has 2 rings (SSSR count). The lowest BCUT2D eigenvalue weighted by Gasteiger charge is -2.03. The lowest BCUT2D eigenvalue weighted by atomic mass is 10.3. The van der Waals surface area contributed by atoms with E-state index in [-0.39, 0.29) is 0 Å². The summed E-state index contributed by atoms with van der Waals surface area (Å²) in [6, 6.07) is 1.98. The van der Waals surface area contributed by atoms with Gasteiger partial charge < -0.3 is 14.6 Å². The molecule has 2 N–H and O–H groups in total. The van der Waals surface area contributed by atoms with E-state index >= 15 is 0 Å². The Bertz CT molecular complexity index is 459. The summed E-state index contributed by atoms with van der Waals surface area (Å²) in [6.45, 7) is 2.58. The molecule has 0 saturated heterocycles. The standard InChI is InChI=1S/C10H15N5O/c1-7-4-8(6-16-7)5-11-9-12-10(14-13-9)15(2)3/h4,6H,5H2,1-3H3,(H2,11,12,13,14). The van der Waals surface area contributed by atoms with E-state index in [2.05, 4.69) is 20.5 Å². The smallest absolute Gasteiger partial charge is 0.245 e. The van der Waals surface area contributed by atoms with Crippen molar-refractivity contribution in [1.29, 1.82) is 0 Å². The Labute approximate surface area is 93.7 Å². The Hall–Kier alpha value is -1.98. The van der Waals surface area contributed by atoms with Crippen LogP contribution in [0.15, 0.2) is 16.7 Å². The summed E-state index contributed by atoms with van der Waals surface area (Å²) >= 11 is 0. The molecule has 16 heavy (non-hydrogen) atoms. The molecule has 6 heteroatoms. The molecule has 0 amide bonds. The van der Waals surface area contributed by atoms with Gasteiger partial charge in [-0.3, -0.25) is 0 Å². The van der Waals surface area contributed by atoms with Gasteiger partial charge in [0.1, 0.15) is 5.76 Å². The zero-order chi connectivity index (χ0) is 11.5. The second-order valence-electron chi connectivity index (χ2n) is 3.80. The predicted molar refractivity (Wildman–Crippen MR) is 61.5 cm³/mol. The molecule has 0 fully saturated rings. The second-order valence-corrected chi connectivity index (χ2v) is 3.80. The summed E-state index contributed by atoms with van der Waals surface area (Å²) in [5.74, 6) is 2.22. The molecule has 2 aromatic heterocycles. The fourth-order valence-corrected chi connectivity index (χ4v) is 1.31. The van der Waals surface area contributed by atoms with E-state index < -0.39 is 0 Å². The van der Waals surface area contributed by atoms with Gasteiger partial charge in [0.25, 0.3) is 0 Å². The van der Waals surface area contributed by atoms with Crippen LogP contribution in [0.3, 0.4) is 0 Å². The molecular weight excluding hydrogens is 206 g/mol. The minimum absolute atomic E-state index is 0.655. The topological polar surface area (TPSA) is 70.0 Å². The van der Waals surface area contributed by atoms with Gasteiger partial charge in [-0.1, -0.05) is 0 Å². The molecule has 86 valence electrons. The third kappa shape index (κ3) is 2.33. The monoisotopic (exact) mass is 221 g/mol. The summed E-state index contributed by atoms with van der Waals surface area (Å²) in [6.07, 6.45) is 1.73. The normalized spacial score (nSPS) is 10.4. The van der Waals surface area contributed by atoms with Crippen molar-refractivity contribution in [3.05, 3.63) is 23.7 Å². The van der Waals surface area contributed by atoms with Gasteiger partial charge in [-0.05, 0) is 13.0 Å². The van der Waals surface area contributed by atoms with Crippen molar-refractivity contribution in [2.75, 3.05) is 24.3 Å². The number of H-pyrrole nitrogens is 1. The first-order chi connectivity index (χ1) is 7.65. The van der Waals surface area contributed by atoms with Crippen LogP contribution in [-0.2, 0) is 6.54 Å². The largest absolute Gasteiger partial charge is 0.469 e. The maximum atomic E-state index is 5.20. The average Bonchev–Trinajstić information content (AvgIpc) is 2.83. The van der Waals surface area contributed by atoms with Crippen molar-refractivity contribution in [1.82, 2.24) is 15.2 Å². The summed E-state index contributed by atoms with van der Waals surface area (Å²) in [5, 5.41) is 9.99. The predicted octanol–water partition coefficient (Wildman–Crippen LogP) is 1.38. The highest BCUT2D eigenvalue weighted by Gasteiger charge is 2.04. The fraction of sp³-hybridized carbons (Fsp3) is 0.400. The SMILES string of the molecule is Cc1cc(CNc2nc(N(C)C)n[nH]2)co1. The van der Waals surface area contributed by atoms with E-state index in [0.717, 1.165) is 11.3 Å². The first kappa shape index (κ1) is 10.5. The van der Waals surface area contributed by atoms with E-state index in [1.165, 1.54) is 0 Å². The maximum absolute atomic E-state index is 5.20. The Balaban J connectivity index is 1.94. The van der Waals surface area contributed by atoms with Crippen molar-refractivity contribution in [3.8, 4) is 0 Å². The zero-order valence-corrected chi connectivity index (χ0v) is 9.61. The quantitative estimate of drug-likeness (QED) is 0.816. The molecule has 0 unspecified atom stereocenters. The first-order valence-corrected chi connectivity index (χ1v) is 5.03. The van der Waals surface area contributed by atoms with Crippen LogP contribution in [0.4, 0.5) is 11.9 Å². The van der Waals surface area contributed by atoms with Gasteiger partial charge in [-0.15, -0.1) is 5.10 Å². The zero-order valence-electron chi connectivity index (χ0n) is 9.61. The van der Waals surface area contributed by atoms with Crippen LogP contribution in [0.25, 0.3) is 0 Å². The Morgan fingerprint density at radius 1 is 1.50 bits per heavy atom. The van der Waals surface area contributed by atoms with Gasteiger partial charge in [0.2, 0.25) is 11.9 Å². The van der Waals surface area contributed by atoms with E-state index in [9.17, 15) is 0 Å². The van der Waals surface area contributed by atoms with E-state index in [4.69, 9.17) is 4.42 Å². The Morgan fingerprint density at radius 3 is 2.88 bits per heavy atom. The number of rotatable bonds is 4. The van der Waals surface area contributed by atoms with Crippen molar-refractivity contribution in [2.45, 2.75) is 13.5 Å². The molecule has 0 aromatic carbocycles. The van der Waals surface area contributed by atoms with Gasteiger partial charge in [-0.2, -0.15) is 4.98 Å². The van der Waals surface area contributed by atoms with Crippen LogP contribution in [0.5, 0.6) is 0 Å².